The summed E-state index contributed by atoms with van der Waals surface area (Å²) >= 11 is 3.50. The summed E-state index contributed by atoms with van der Waals surface area (Å²) in [5.41, 5.74) is 1.30. The Labute approximate surface area is 114 Å². The molecule has 17 heavy (non-hydrogen) atoms. The van der Waals surface area contributed by atoms with Crippen LogP contribution in [0.25, 0.3) is 0 Å². The van der Waals surface area contributed by atoms with E-state index in [9.17, 15) is 4.21 Å². The lowest BCUT2D eigenvalue weighted by Crippen LogP contribution is -2.37. The highest BCUT2D eigenvalue weighted by Gasteiger charge is 2.19. The molecule has 1 heterocycles. The van der Waals surface area contributed by atoms with Crippen molar-refractivity contribution in [2.75, 3.05) is 11.5 Å². The summed E-state index contributed by atoms with van der Waals surface area (Å²) in [4.78, 5) is 0. The van der Waals surface area contributed by atoms with Gasteiger partial charge in [-0.15, -0.1) is 0 Å². The van der Waals surface area contributed by atoms with Crippen LogP contribution in [-0.2, 0) is 10.8 Å². The molecule has 0 aliphatic carbocycles. The van der Waals surface area contributed by atoms with Crippen LogP contribution in [0.1, 0.15) is 31.4 Å². The molecular formula is C13H18BrNOS. The Bertz CT molecular complexity index is 400. The molecule has 0 unspecified atom stereocenters. The first kappa shape index (κ1) is 13.2. The average Bonchev–Trinajstić information content (AvgIpc) is 2.32. The monoisotopic (exact) mass is 315 g/mol. The van der Waals surface area contributed by atoms with Crippen LogP contribution in [0.2, 0.25) is 0 Å². The van der Waals surface area contributed by atoms with E-state index in [2.05, 4.69) is 46.4 Å². The van der Waals surface area contributed by atoms with Gasteiger partial charge < -0.3 is 5.32 Å². The lowest BCUT2D eigenvalue weighted by Gasteiger charge is -2.26. The van der Waals surface area contributed by atoms with E-state index in [1.54, 1.807) is 0 Å². The molecule has 94 valence electrons. The van der Waals surface area contributed by atoms with E-state index in [1.165, 1.54) is 5.56 Å². The van der Waals surface area contributed by atoms with Crippen molar-refractivity contribution in [3.05, 3.63) is 34.3 Å². The predicted octanol–water partition coefficient (Wildman–Crippen LogP) is 3.01. The summed E-state index contributed by atoms with van der Waals surface area (Å²) < 4.78 is 12.4. The van der Waals surface area contributed by atoms with Gasteiger partial charge in [-0.05, 0) is 37.5 Å². The molecule has 0 saturated carbocycles. The third-order valence-corrected chi connectivity index (χ3v) is 5.10. The third kappa shape index (κ3) is 3.90. The molecule has 1 aliphatic heterocycles. The van der Waals surface area contributed by atoms with Gasteiger partial charge in [0.05, 0.1) is 0 Å². The van der Waals surface area contributed by atoms with Crippen LogP contribution in [0.5, 0.6) is 0 Å². The highest BCUT2D eigenvalue weighted by molar-refractivity contribution is 9.10. The van der Waals surface area contributed by atoms with Gasteiger partial charge >= 0.3 is 0 Å². The van der Waals surface area contributed by atoms with Crippen LogP contribution in [0.15, 0.2) is 28.7 Å². The van der Waals surface area contributed by atoms with Crippen molar-refractivity contribution >= 4 is 26.7 Å². The highest BCUT2D eigenvalue weighted by atomic mass is 79.9. The molecule has 1 fully saturated rings. The van der Waals surface area contributed by atoms with E-state index in [0.717, 1.165) is 28.8 Å². The SMILES string of the molecule is C[C@H](NC1CCS(=O)CC1)c1cccc(Br)c1. The van der Waals surface area contributed by atoms with E-state index < -0.39 is 10.8 Å². The average molecular weight is 316 g/mol. The molecule has 1 saturated heterocycles. The first-order valence-electron chi connectivity index (χ1n) is 6.01. The second kappa shape index (κ2) is 6.12. The zero-order valence-electron chi connectivity index (χ0n) is 9.99. The van der Waals surface area contributed by atoms with Crippen LogP contribution in [-0.4, -0.2) is 21.8 Å². The van der Waals surface area contributed by atoms with Gasteiger partial charge in [-0.3, -0.25) is 4.21 Å². The first-order chi connectivity index (χ1) is 8.15. The van der Waals surface area contributed by atoms with E-state index in [1.807, 2.05) is 6.07 Å². The van der Waals surface area contributed by atoms with Gasteiger partial charge in [-0.25, -0.2) is 0 Å². The molecule has 4 heteroatoms. The van der Waals surface area contributed by atoms with Crippen molar-refractivity contribution in [3.8, 4) is 0 Å². The Hall–Kier alpha value is -0.190. The van der Waals surface area contributed by atoms with Crippen LogP contribution in [0, 0.1) is 0 Å². The first-order valence-corrected chi connectivity index (χ1v) is 8.30. The van der Waals surface area contributed by atoms with Gasteiger partial charge in [0, 0.05) is 38.9 Å². The number of rotatable bonds is 3. The van der Waals surface area contributed by atoms with Gasteiger partial charge in [0.1, 0.15) is 0 Å². The zero-order chi connectivity index (χ0) is 12.3. The lowest BCUT2D eigenvalue weighted by atomic mass is 10.1. The minimum atomic E-state index is -0.571. The van der Waals surface area contributed by atoms with Gasteiger partial charge in [0.15, 0.2) is 0 Å². The Balaban J connectivity index is 1.92. The normalized spacial score (nSPS) is 26.7. The van der Waals surface area contributed by atoms with Crippen molar-refractivity contribution in [1.29, 1.82) is 0 Å². The topological polar surface area (TPSA) is 29.1 Å². The Morgan fingerprint density at radius 3 is 2.76 bits per heavy atom. The molecule has 2 nitrogen and oxygen atoms in total. The minimum absolute atomic E-state index is 0.351. The van der Waals surface area contributed by atoms with Crippen molar-refractivity contribution in [1.82, 2.24) is 5.32 Å². The Morgan fingerprint density at radius 2 is 2.12 bits per heavy atom. The molecular weight excluding hydrogens is 298 g/mol. The third-order valence-electron chi connectivity index (χ3n) is 3.22. The fourth-order valence-electron chi connectivity index (χ4n) is 2.19. The summed E-state index contributed by atoms with van der Waals surface area (Å²) in [6, 6.07) is 9.26. The quantitative estimate of drug-likeness (QED) is 0.929. The maximum absolute atomic E-state index is 11.3. The summed E-state index contributed by atoms with van der Waals surface area (Å²) in [5, 5.41) is 3.63. The zero-order valence-corrected chi connectivity index (χ0v) is 12.4. The molecule has 0 spiro atoms. The number of halogens is 1. The second-order valence-corrected chi connectivity index (χ2v) is 7.18. The van der Waals surface area contributed by atoms with Crippen molar-refractivity contribution < 1.29 is 4.21 Å². The molecule has 0 amide bonds. The van der Waals surface area contributed by atoms with Crippen molar-refractivity contribution in [3.63, 3.8) is 0 Å². The summed E-state index contributed by atoms with van der Waals surface area (Å²) in [7, 11) is -0.571. The largest absolute Gasteiger partial charge is 0.307 e. The van der Waals surface area contributed by atoms with Gasteiger partial charge in [-0.2, -0.15) is 0 Å². The highest BCUT2D eigenvalue weighted by Crippen LogP contribution is 2.20. The molecule has 1 N–H and O–H groups in total. The van der Waals surface area contributed by atoms with E-state index in [4.69, 9.17) is 0 Å². The summed E-state index contributed by atoms with van der Waals surface area (Å²) in [5.74, 6) is 1.70. The number of hydrogen-bond donors (Lipinski definition) is 1. The minimum Gasteiger partial charge on any atom is -0.307 e. The van der Waals surface area contributed by atoms with E-state index >= 15 is 0 Å². The number of hydrogen-bond acceptors (Lipinski definition) is 2. The smallest absolute Gasteiger partial charge is 0.0294 e. The maximum atomic E-state index is 11.3. The van der Waals surface area contributed by atoms with E-state index in [0.29, 0.717) is 12.1 Å². The molecule has 0 radical (unpaired) electrons. The van der Waals surface area contributed by atoms with Crippen LogP contribution >= 0.6 is 15.9 Å². The number of benzene rings is 1. The maximum Gasteiger partial charge on any atom is 0.0294 e. The molecule has 2 rings (SSSR count). The lowest BCUT2D eigenvalue weighted by molar-refractivity contribution is 0.427. The molecule has 0 aromatic heterocycles. The van der Waals surface area contributed by atoms with E-state index in [-0.39, 0.29) is 0 Å². The standard InChI is InChI=1S/C13H18BrNOS/c1-10(11-3-2-4-12(14)9-11)15-13-5-7-17(16)8-6-13/h2-4,9-10,13,15H,5-8H2,1H3/t10-,13?,17?/m0/s1. The fourth-order valence-corrected chi connectivity index (χ4v) is 3.90. The molecule has 1 aromatic rings. The van der Waals surface area contributed by atoms with Crippen LogP contribution in [0.4, 0.5) is 0 Å². The predicted molar refractivity (Wildman–Crippen MR) is 76.6 cm³/mol. The summed E-state index contributed by atoms with van der Waals surface area (Å²) in [6.45, 7) is 2.19. The van der Waals surface area contributed by atoms with Crippen molar-refractivity contribution in [2.45, 2.75) is 31.8 Å². The summed E-state index contributed by atoms with van der Waals surface area (Å²) in [6.07, 6.45) is 2.07. The molecule has 1 aromatic carbocycles. The Morgan fingerprint density at radius 1 is 1.41 bits per heavy atom. The molecule has 0 bridgehead atoms. The Kier molecular flexibility index (Phi) is 4.77. The second-order valence-electron chi connectivity index (χ2n) is 4.57. The molecule has 1 aliphatic rings. The molecule has 1 atom stereocenters. The van der Waals surface area contributed by atoms with Crippen LogP contribution in [0.3, 0.4) is 0 Å². The number of nitrogens with one attached hydrogen (secondary N) is 1. The van der Waals surface area contributed by atoms with Crippen molar-refractivity contribution in [2.24, 2.45) is 0 Å². The fraction of sp³-hybridized carbons (Fsp3) is 0.538. The van der Waals surface area contributed by atoms with Gasteiger partial charge in [-0.1, -0.05) is 28.1 Å². The van der Waals surface area contributed by atoms with Crippen LogP contribution < -0.4 is 5.32 Å². The van der Waals surface area contributed by atoms with Gasteiger partial charge in [0.25, 0.3) is 0 Å². The van der Waals surface area contributed by atoms with Gasteiger partial charge in [0.2, 0.25) is 0 Å².